The fourth-order valence-electron chi connectivity index (χ4n) is 9.91. The molecule has 15 nitrogen and oxygen atoms in total. The number of hydrogen-bond donors (Lipinski definition) is 2. The molecule has 1 unspecified atom stereocenters. The van der Waals surface area contributed by atoms with Crippen molar-refractivity contribution in [3.05, 3.63) is 75.7 Å². The molecule has 4 saturated heterocycles. The summed E-state index contributed by atoms with van der Waals surface area (Å²) in [7, 11) is 0. The van der Waals surface area contributed by atoms with Crippen molar-refractivity contribution in [2.24, 2.45) is 11.3 Å². The summed E-state index contributed by atoms with van der Waals surface area (Å²) < 4.78 is 21.6. The van der Waals surface area contributed by atoms with Gasteiger partial charge in [-0.05, 0) is 93.7 Å². The van der Waals surface area contributed by atoms with Gasteiger partial charge in [-0.2, -0.15) is 5.26 Å². The van der Waals surface area contributed by atoms with Gasteiger partial charge >= 0.3 is 0 Å². The first-order valence-corrected chi connectivity index (χ1v) is 21.1. The van der Waals surface area contributed by atoms with Crippen molar-refractivity contribution >= 4 is 52.6 Å². The highest BCUT2D eigenvalue weighted by Crippen LogP contribution is 2.43. The van der Waals surface area contributed by atoms with Crippen molar-refractivity contribution in [1.82, 2.24) is 30.6 Å². The number of fused-ring (bicyclic) bond motifs is 1. The summed E-state index contributed by atoms with van der Waals surface area (Å²) in [5.41, 5.74) is 1.05. The number of benzene rings is 2. The van der Waals surface area contributed by atoms with Gasteiger partial charge in [-0.15, -0.1) is 10.2 Å². The molecule has 1 aromatic heterocycles. The van der Waals surface area contributed by atoms with Crippen LogP contribution in [0.4, 0.5) is 15.9 Å². The average molecular weight is 838 g/mol. The van der Waals surface area contributed by atoms with E-state index in [2.05, 4.69) is 30.6 Å². The quantitative estimate of drug-likeness (QED) is 0.295. The Morgan fingerprint density at radius 2 is 1.67 bits per heavy atom. The molecule has 312 valence electrons. The number of imide groups is 2. The van der Waals surface area contributed by atoms with Crippen molar-refractivity contribution in [3.63, 3.8) is 0 Å². The molecule has 5 fully saturated rings. The molecule has 9 rings (SSSR count). The number of piperidine rings is 2. The van der Waals surface area contributed by atoms with Crippen molar-refractivity contribution < 1.29 is 33.1 Å². The number of ether oxygens (including phenoxy) is 1. The minimum Gasteiger partial charge on any atom is -0.490 e. The molecule has 60 heavy (non-hydrogen) atoms. The van der Waals surface area contributed by atoms with Gasteiger partial charge in [-0.3, -0.25) is 34.2 Å². The molecular formula is C43H45ClFN9O6. The van der Waals surface area contributed by atoms with Gasteiger partial charge < -0.3 is 24.8 Å². The Morgan fingerprint density at radius 3 is 2.35 bits per heavy atom. The molecule has 0 bridgehead atoms. The Morgan fingerprint density at radius 1 is 0.917 bits per heavy atom. The minimum absolute atomic E-state index is 0.00993. The van der Waals surface area contributed by atoms with Crippen molar-refractivity contribution in [2.45, 2.75) is 76.0 Å². The van der Waals surface area contributed by atoms with Gasteiger partial charge in [-0.25, -0.2) is 4.39 Å². The maximum Gasteiger partial charge on any atom is 0.272 e. The third-order valence-electron chi connectivity index (χ3n) is 13.1. The topological polar surface area (TPSA) is 181 Å². The molecule has 0 radical (unpaired) electrons. The predicted molar refractivity (Wildman–Crippen MR) is 216 cm³/mol. The number of aromatic nitrogens is 2. The second-order valence-electron chi connectivity index (χ2n) is 17.2. The number of rotatable bonds is 9. The molecule has 6 heterocycles. The van der Waals surface area contributed by atoms with Crippen LogP contribution in [-0.2, 0) is 9.59 Å². The van der Waals surface area contributed by atoms with E-state index in [1.54, 1.807) is 24.3 Å². The number of nitrogens with zero attached hydrogens (tertiary/aromatic N) is 7. The maximum atomic E-state index is 15.5. The van der Waals surface area contributed by atoms with E-state index in [9.17, 15) is 24.0 Å². The highest BCUT2D eigenvalue weighted by atomic mass is 35.5. The molecule has 2 N–H and O–H groups in total. The van der Waals surface area contributed by atoms with E-state index in [1.165, 1.54) is 6.07 Å². The number of nitriles is 1. The number of hydrogen-bond acceptors (Lipinski definition) is 12. The third-order valence-corrected chi connectivity index (χ3v) is 13.4. The largest absolute Gasteiger partial charge is 0.490 e. The predicted octanol–water partition coefficient (Wildman–Crippen LogP) is 4.09. The SMILES string of the molecule is N#Cc1ccc(O[C@H]2CC[C@H](NC(=O)c3ccc(N4CCC(CN5CC6(CCN(c7cc8c(cc7F)C(=O)N(C7CCC(=O)NC7=O)C8=O)C6)C5)CC4)nn3)CC2)cc1Cl. The van der Waals surface area contributed by atoms with Crippen molar-refractivity contribution in [1.29, 1.82) is 5.26 Å². The van der Waals surface area contributed by atoms with Crippen LogP contribution in [0, 0.1) is 28.5 Å². The minimum atomic E-state index is -1.10. The van der Waals surface area contributed by atoms with Crippen LogP contribution in [0.5, 0.6) is 5.75 Å². The van der Waals surface area contributed by atoms with Crippen molar-refractivity contribution in [2.75, 3.05) is 55.6 Å². The van der Waals surface area contributed by atoms with E-state index < -0.39 is 35.5 Å². The van der Waals surface area contributed by atoms with E-state index in [0.29, 0.717) is 35.3 Å². The Hall–Kier alpha value is -5.66. The van der Waals surface area contributed by atoms with E-state index in [0.717, 1.165) is 94.5 Å². The Balaban J connectivity index is 0.705. The van der Waals surface area contributed by atoms with Crippen LogP contribution < -0.4 is 25.2 Å². The average Bonchev–Trinajstić information content (AvgIpc) is 3.77. The molecule has 2 aromatic carbocycles. The molecule has 3 aromatic rings. The number of anilines is 2. The summed E-state index contributed by atoms with van der Waals surface area (Å²) in [6, 6.07) is 12.2. The normalized spacial score (nSPS) is 24.3. The first-order chi connectivity index (χ1) is 29.0. The number of nitrogens with one attached hydrogen (secondary N) is 2. The maximum absolute atomic E-state index is 15.5. The molecule has 6 aliphatic rings. The second-order valence-corrected chi connectivity index (χ2v) is 17.6. The first-order valence-electron chi connectivity index (χ1n) is 20.7. The van der Waals surface area contributed by atoms with Crippen LogP contribution in [0.3, 0.4) is 0 Å². The summed E-state index contributed by atoms with van der Waals surface area (Å²) in [4.78, 5) is 71.1. The Kier molecular flexibility index (Phi) is 10.7. The summed E-state index contributed by atoms with van der Waals surface area (Å²) in [6.07, 6.45) is 6.09. The molecule has 1 spiro atoms. The highest BCUT2D eigenvalue weighted by molar-refractivity contribution is 6.31. The number of likely N-dealkylation sites (tertiary alicyclic amines) is 1. The lowest BCUT2D eigenvalue weighted by atomic mass is 9.78. The lowest BCUT2D eigenvalue weighted by molar-refractivity contribution is -0.136. The fraction of sp³-hybridized carbons (Fsp3) is 0.488. The molecular weight excluding hydrogens is 793 g/mol. The van der Waals surface area contributed by atoms with Gasteiger partial charge in [0.1, 0.15) is 23.7 Å². The summed E-state index contributed by atoms with van der Waals surface area (Å²) in [5.74, 6) is -1.40. The lowest BCUT2D eigenvalue weighted by Gasteiger charge is -2.50. The van der Waals surface area contributed by atoms with Crippen molar-refractivity contribution in [3.8, 4) is 11.8 Å². The van der Waals surface area contributed by atoms with Crippen LogP contribution in [0.1, 0.15) is 94.6 Å². The zero-order valence-electron chi connectivity index (χ0n) is 33.0. The van der Waals surface area contributed by atoms with E-state index >= 15 is 4.39 Å². The van der Waals surface area contributed by atoms with Gasteiger partial charge in [0.2, 0.25) is 11.8 Å². The Labute approximate surface area is 351 Å². The van der Waals surface area contributed by atoms with Gasteiger partial charge in [0.15, 0.2) is 11.5 Å². The van der Waals surface area contributed by atoms with E-state index in [4.69, 9.17) is 21.6 Å². The number of carbonyl (C=O) groups excluding carboxylic acids is 5. The first kappa shape index (κ1) is 39.8. The highest BCUT2D eigenvalue weighted by Gasteiger charge is 2.50. The van der Waals surface area contributed by atoms with Crippen LogP contribution in [0.2, 0.25) is 5.02 Å². The Bertz CT molecular complexity index is 2280. The van der Waals surface area contributed by atoms with Crippen LogP contribution in [-0.4, -0.2) is 114 Å². The molecule has 17 heteroatoms. The zero-order valence-corrected chi connectivity index (χ0v) is 33.8. The summed E-state index contributed by atoms with van der Waals surface area (Å²) in [5, 5.41) is 23.4. The monoisotopic (exact) mass is 837 g/mol. The van der Waals surface area contributed by atoms with Crippen LogP contribution in [0.25, 0.3) is 0 Å². The number of amides is 5. The van der Waals surface area contributed by atoms with Gasteiger partial charge in [0.05, 0.1) is 33.5 Å². The van der Waals surface area contributed by atoms with Crippen LogP contribution >= 0.6 is 11.6 Å². The number of halogens is 2. The summed E-state index contributed by atoms with van der Waals surface area (Å²) in [6.45, 7) is 5.78. The van der Waals surface area contributed by atoms with Gasteiger partial charge in [0.25, 0.3) is 17.7 Å². The molecule has 5 aliphatic heterocycles. The summed E-state index contributed by atoms with van der Waals surface area (Å²) >= 11 is 6.14. The standard InChI is InChI=1S/C43H45ClFN9O6/c44-32-17-29(4-1-26(32)20-46)60-28-5-2-27(3-6-28)47-39(56)34-7-9-37(50-49-34)52-14-11-25(12-15-52)21-51-22-43(23-51)13-16-53(24-43)36-19-31-30(18-33(36)45)41(58)54(42(31)59)35-8-10-38(55)48-40(35)57/h1,4,7,9,17-19,25,27-28,35H,2-3,5-6,8,10-16,21-24H2,(H,47,56)(H,48,55,57)/t27-,28-,35?. The molecule has 5 amide bonds. The second kappa shape index (κ2) is 16.1. The lowest BCUT2D eigenvalue weighted by Crippen LogP contribution is -2.59. The molecule has 1 saturated carbocycles. The van der Waals surface area contributed by atoms with Gasteiger partial charge in [0, 0.05) is 69.8 Å². The van der Waals surface area contributed by atoms with E-state index in [1.807, 2.05) is 17.0 Å². The molecule has 1 atom stereocenters. The number of carbonyl (C=O) groups is 5. The third kappa shape index (κ3) is 7.76. The fourth-order valence-corrected chi connectivity index (χ4v) is 10.1. The van der Waals surface area contributed by atoms with E-state index in [-0.39, 0.29) is 58.8 Å². The van der Waals surface area contributed by atoms with Crippen LogP contribution in [0.15, 0.2) is 42.5 Å². The zero-order chi connectivity index (χ0) is 41.7. The smallest absolute Gasteiger partial charge is 0.272 e. The van der Waals surface area contributed by atoms with Gasteiger partial charge in [-0.1, -0.05) is 11.6 Å². The molecule has 1 aliphatic carbocycles.